The molecular weight excluding hydrogens is 370 g/mol. The predicted molar refractivity (Wildman–Crippen MR) is 98.2 cm³/mol. The zero-order chi connectivity index (χ0) is 17.1. The summed E-state index contributed by atoms with van der Waals surface area (Å²) in [6.07, 6.45) is 0.305. The van der Waals surface area contributed by atoms with E-state index in [0.717, 1.165) is 15.7 Å². The summed E-state index contributed by atoms with van der Waals surface area (Å²) in [6, 6.07) is 14.7. The van der Waals surface area contributed by atoms with Crippen molar-refractivity contribution in [1.82, 2.24) is 5.32 Å². The molecule has 0 spiro atoms. The molecule has 0 aromatic heterocycles. The van der Waals surface area contributed by atoms with Gasteiger partial charge in [-0.05, 0) is 37.3 Å². The summed E-state index contributed by atoms with van der Waals surface area (Å²) < 4.78 is 0.891. The number of nitrogens with one attached hydrogen (secondary N) is 2. The van der Waals surface area contributed by atoms with Gasteiger partial charge in [0.15, 0.2) is 0 Å². The molecular formula is C18H18BrN3O2. The van der Waals surface area contributed by atoms with Crippen LogP contribution in [0.1, 0.15) is 12.0 Å². The van der Waals surface area contributed by atoms with E-state index in [1.54, 1.807) is 4.90 Å². The number of nitrogens with zero attached hydrogens (tertiary/aromatic N) is 1. The van der Waals surface area contributed by atoms with E-state index in [9.17, 15) is 9.59 Å². The maximum atomic E-state index is 12.2. The lowest BCUT2D eigenvalue weighted by atomic mass is 10.2. The minimum absolute atomic E-state index is 0.0200. The highest BCUT2D eigenvalue weighted by atomic mass is 79.9. The van der Waals surface area contributed by atoms with Crippen LogP contribution >= 0.6 is 15.9 Å². The summed E-state index contributed by atoms with van der Waals surface area (Å²) >= 11 is 3.36. The van der Waals surface area contributed by atoms with Gasteiger partial charge in [-0.15, -0.1) is 0 Å². The highest BCUT2D eigenvalue weighted by molar-refractivity contribution is 9.10. The van der Waals surface area contributed by atoms with Crippen LogP contribution in [0.5, 0.6) is 0 Å². The van der Waals surface area contributed by atoms with E-state index in [4.69, 9.17) is 0 Å². The van der Waals surface area contributed by atoms with Crippen molar-refractivity contribution in [1.29, 1.82) is 0 Å². The van der Waals surface area contributed by atoms with Crippen molar-refractivity contribution in [3.8, 4) is 0 Å². The van der Waals surface area contributed by atoms with E-state index < -0.39 is 0 Å². The maximum absolute atomic E-state index is 12.2. The average molecular weight is 388 g/mol. The lowest BCUT2D eigenvalue weighted by Gasteiger charge is -2.17. The van der Waals surface area contributed by atoms with Gasteiger partial charge < -0.3 is 15.5 Å². The molecule has 0 radical (unpaired) electrons. The predicted octanol–water partition coefficient (Wildman–Crippen LogP) is 3.68. The molecule has 6 heteroatoms. The molecule has 5 nitrogen and oxygen atoms in total. The fourth-order valence-corrected chi connectivity index (χ4v) is 3.10. The first-order chi connectivity index (χ1) is 11.5. The smallest absolute Gasteiger partial charge is 0.319 e. The Morgan fingerprint density at radius 1 is 1.21 bits per heavy atom. The molecule has 2 N–H and O–H groups in total. The molecule has 0 bridgehead atoms. The van der Waals surface area contributed by atoms with E-state index in [1.807, 2.05) is 55.5 Å². The Morgan fingerprint density at radius 2 is 1.96 bits per heavy atom. The number of rotatable bonds is 3. The summed E-state index contributed by atoms with van der Waals surface area (Å²) in [7, 11) is 0. The number of carbonyl (C=O) groups excluding carboxylic acids is 2. The number of aryl methyl sites for hydroxylation is 1. The van der Waals surface area contributed by atoms with Crippen LogP contribution in [-0.2, 0) is 4.79 Å². The molecule has 1 aliphatic rings. The van der Waals surface area contributed by atoms with Crippen molar-refractivity contribution in [3.63, 3.8) is 0 Å². The molecule has 1 aliphatic heterocycles. The number of amides is 3. The molecule has 3 amide bonds. The number of carbonyl (C=O) groups is 2. The van der Waals surface area contributed by atoms with Gasteiger partial charge in [0.05, 0.1) is 6.04 Å². The van der Waals surface area contributed by atoms with Crippen LogP contribution in [0.2, 0.25) is 0 Å². The molecule has 0 saturated carbocycles. The second-order valence-electron chi connectivity index (χ2n) is 5.85. The van der Waals surface area contributed by atoms with Crippen LogP contribution < -0.4 is 15.5 Å². The van der Waals surface area contributed by atoms with Crippen LogP contribution in [0.3, 0.4) is 0 Å². The van der Waals surface area contributed by atoms with Gasteiger partial charge in [0.2, 0.25) is 5.91 Å². The van der Waals surface area contributed by atoms with Gasteiger partial charge in [-0.2, -0.15) is 0 Å². The number of hydrogen-bond acceptors (Lipinski definition) is 2. The molecule has 1 saturated heterocycles. The molecule has 3 rings (SSSR count). The first kappa shape index (κ1) is 16.5. The lowest BCUT2D eigenvalue weighted by Crippen LogP contribution is -2.39. The fraction of sp³-hybridized carbons (Fsp3) is 0.222. The minimum Gasteiger partial charge on any atom is -0.333 e. The normalized spacial score (nSPS) is 17.0. The maximum Gasteiger partial charge on any atom is 0.319 e. The second-order valence-corrected chi connectivity index (χ2v) is 6.77. The summed E-state index contributed by atoms with van der Waals surface area (Å²) in [5.41, 5.74) is 2.71. The van der Waals surface area contributed by atoms with Crippen molar-refractivity contribution >= 4 is 39.2 Å². The Kier molecular flexibility index (Phi) is 4.85. The highest BCUT2D eigenvalue weighted by Crippen LogP contribution is 2.22. The third-order valence-corrected chi connectivity index (χ3v) is 4.38. The summed E-state index contributed by atoms with van der Waals surface area (Å²) in [4.78, 5) is 26.0. The largest absolute Gasteiger partial charge is 0.333 e. The molecule has 124 valence electrons. The Labute approximate surface area is 149 Å². The fourth-order valence-electron chi connectivity index (χ4n) is 2.70. The average Bonchev–Trinajstić information content (AvgIpc) is 2.88. The first-order valence-corrected chi connectivity index (χ1v) is 8.51. The first-order valence-electron chi connectivity index (χ1n) is 7.71. The quantitative estimate of drug-likeness (QED) is 0.843. The molecule has 24 heavy (non-hydrogen) atoms. The monoisotopic (exact) mass is 387 g/mol. The number of hydrogen-bond donors (Lipinski definition) is 2. The van der Waals surface area contributed by atoms with E-state index >= 15 is 0 Å². The number of urea groups is 1. The van der Waals surface area contributed by atoms with E-state index in [0.29, 0.717) is 18.7 Å². The van der Waals surface area contributed by atoms with Gasteiger partial charge in [0.1, 0.15) is 0 Å². The van der Waals surface area contributed by atoms with E-state index in [-0.39, 0.29) is 18.0 Å². The van der Waals surface area contributed by atoms with Gasteiger partial charge in [-0.3, -0.25) is 4.79 Å². The zero-order valence-corrected chi connectivity index (χ0v) is 14.8. The van der Waals surface area contributed by atoms with E-state index in [2.05, 4.69) is 26.6 Å². The molecule has 2 aromatic carbocycles. The molecule has 1 atom stereocenters. The standard InChI is InChI=1S/C18H18BrN3O2/c1-12-5-7-16(8-6-12)22-11-15(10-17(22)23)21-18(24)20-14-4-2-3-13(19)9-14/h2-9,15H,10-11H2,1H3,(H2,20,21,24)/t15-/m0/s1. The van der Waals surface area contributed by atoms with Crippen molar-refractivity contribution in [3.05, 3.63) is 58.6 Å². The highest BCUT2D eigenvalue weighted by Gasteiger charge is 2.31. The lowest BCUT2D eigenvalue weighted by molar-refractivity contribution is -0.117. The Hall–Kier alpha value is -2.34. The zero-order valence-electron chi connectivity index (χ0n) is 13.3. The Morgan fingerprint density at radius 3 is 2.67 bits per heavy atom. The van der Waals surface area contributed by atoms with Gasteiger partial charge >= 0.3 is 6.03 Å². The number of anilines is 2. The van der Waals surface area contributed by atoms with Gasteiger partial charge in [-0.25, -0.2) is 4.79 Å². The van der Waals surface area contributed by atoms with Crippen LogP contribution in [0, 0.1) is 6.92 Å². The number of halogens is 1. The third-order valence-electron chi connectivity index (χ3n) is 3.89. The molecule has 0 unspecified atom stereocenters. The SMILES string of the molecule is Cc1ccc(N2C[C@@H](NC(=O)Nc3cccc(Br)c3)CC2=O)cc1. The summed E-state index contributed by atoms with van der Waals surface area (Å²) in [6.45, 7) is 2.49. The van der Waals surface area contributed by atoms with Gasteiger partial charge in [0.25, 0.3) is 0 Å². The minimum atomic E-state index is -0.309. The Balaban J connectivity index is 1.59. The summed E-state index contributed by atoms with van der Waals surface area (Å²) in [5, 5.41) is 5.64. The van der Waals surface area contributed by atoms with Crippen molar-refractivity contribution < 1.29 is 9.59 Å². The van der Waals surface area contributed by atoms with Crippen LogP contribution in [0.4, 0.5) is 16.2 Å². The van der Waals surface area contributed by atoms with Crippen molar-refractivity contribution in [2.24, 2.45) is 0 Å². The van der Waals surface area contributed by atoms with Gasteiger partial charge in [-0.1, -0.05) is 39.7 Å². The van der Waals surface area contributed by atoms with Crippen LogP contribution in [-0.4, -0.2) is 24.5 Å². The Bertz CT molecular complexity index is 761. The van der Waals surface area contributed by atoms with Crippen LogP contribution in [0.15, 0.2) is 53.0 Å². The molecule has 0 aliphatic carbocycles. The topological polar surface area (TPSA) is 61.4 Å². The number of benzene rings is 2. The van der Waals surface area contributed by atoms with E-state index in [1.165, 1.54) is 0 Å². The van der Waals surface area contributed by atoms with Crippen molar-refractivity contribution in [2.75, 3.05) is 16.8 Å². The third kappa shape index (κ3) is 3.94. The molecule has 1 fully saturated rings. The van der Waals surface area contributed by atoms with Crippen LogP contribution in [0.25, 0.3) is 0 Å². The van der Waals surface area contributed by atoms with Crippen molar-refractivity contribution in [2.45, 2.75) is 19.4 Å². The summed E-state index contributed by atoms with van der Waals surface area (Å²) in [5.74, 6) is 0.0200. The van der Waals surface area contributed by atoms with Gasteiger partial charge in [0, 0.05) is 28.8 Å². The molecule has 2 aromatic rings. The second kappa shape index (κ2) is 7.05. The molecule has 1 heterocycles.